The largest absolute Gasteiger partial charge is 0.325 e. The predicted molar refractivity (Wildman–Crippen MR) is 111 cm³/mol. The molecule has 0 saturated heterocycles. The first kappa shape index (κ1) is 20.6. The number of urea groups is 1. The molecule has 25 heavy (non-hydrogen) atoms. The molecule has 2 aromatic rings. The number of anilines is 1. The lowest BCUT2D eigenvalue weighted by Gasteiger charge is -2.10. The smallest absolute Gasteiger partial charge is 0.308 e. The van der Waals surface area contributed by atoms with Crippen LogP contribution in [0.2, 0.25) is 10.0 Å². The van der Waals surface area contributed by atoms with Crippen LogP contribution in [0, 0.1) is 0 Å². The maximum Gasteiger partial charge on any atom is 0.325 e. The Labute approximate surface area is 176 Å². The lowest BCUT2D eigenvalue weighted by Crippen LogP contribution is -2.39. The highest BCUT2D eigenvalue weighted by molar-refractivity contribution is 9.12. The highest BCUT2D eigenvalue weighted by Crippen LogP contribution is 2.35. The number of imide groups is 1. The van der Waals surface area contributed by atoms with Crippen molar-refractivity contribution >= 4 is 84.4 Å². The second kappa shape index (κ2) is 9.83. The summed E-state index contributed by atoms with van der Waals surface area (Å²) in [6.07, 6.45) is 0. The van der Waals surface area contributed by atoms with Gasteiger partial charge in [-0.25, -0.2) is 4.79 Å². The maximum atomic E-state index is 11.8. The molecular formula is C16H12Br2Cl2N2O2S. The Kier molecular flexibility index (Phi) is 8.09. The zero-order valence-electron chi connectivity index (χ0n) is 12.6. The molecule has 0 saturated carbocycles. The molecule has 132 valence electrons. The van der Waals surface area contributed by atoms with Gasteiger partial charge < -0.3 is 5.32 Å². The standard InChI is InChI=1S/C16H12Br2Cl2N2O2S/c17-8-12(18)15(23)22-16(24)21-10-3-6-14(13(20)7-10)25-11-4-1-9(19)2-5-11/h1-7,12H,8H2,(H2,21,22,23,24). The van der Waals surface area contributed by atoms with E-state index < -0.39 is 16.8 Å². The summed E-state index contributed by atoms with van der Waals surface area (Å²) in [5.74, 6) is -0.435. The number of nitrogens with one attached hydrogen (secondary N) is 2. The van der Waals surface area contributed by atoms with E-state index in [-0.39, 0.29) is 0 Å². The zero-order chi connectivity index (χ0) is 18.4. The molecule has 0 radical (unpaired) electrons. The number of hydrogen-bond donors (Lipinski definition) is 2. The minimum Gasteiger partial charge on any atom is -0.308 e. The average Bonchev–Trinajstić information content (AvgIpc) is 2.58. The van der Waals surface area contributed by atoms with E-state index in [4.69, 9.17) is 23.2 Å². The third-order valence-corrected chi connectivity index (χ3v) is 6.90. The van der Waals surface area contributed by atoms with Gasteiger partial charge in [-0.3, -0.25) is 10.1 Å². The van der Waals surface area contributed by atoms with Crippen LogP contribution in [0.25, 0.3) is 0 Å². The van der Waals surface area contributed by atoms with Gasteiger partial charge in [-0.1, -0.05) is 66.8 Å². The van der Waals surface area contributed by atoms with Crippen molar-refractivity contribution in [2.45, 2.75) is 14.6 Å². The maximum absolute atomic E-state index is 11.8. The Bertz CT molecular complexity index is 775. The molecule has 1 atom stereocenters. The highest BCUT2D eigenvalue weighted by Gasteiger charge is 2.16. The summed E-state index contributed by atoms with van der Waals surface area (Å²) < 4.78 is 0. The summed E-state index contributed by atoms with van der Waals surface area (Å²) >= 11 is 19.9. The van der Waals surface area contributed by atoms with Crippen LogP contribution >= 0.6 is 66.8 Å². The SMILES string of the molecule is O=C(NC(=O)C(Br)CBr)Nc1ccc(Sc2ccc(Cl)cc2)c(Cl)c1. The van der Waals surface area contributed by atoms with Crippen LogP contribution in [-0.2, 0) is 4.79 Å². The lowest BCUT2D eigenvalue weighted by atomic mass is 10.3. The number of carbonyl (C=O) groups excluding carboxylic acids is 2. The van der Waals surface area contributed by atoms with Gasteiger partial charge in [0.2, 0.25) is 5.91 Å². The van der Waals surface area contributed by atoms with Crippen molar-refractivity contribution in [2.75, 3.05) is 10.6 Å². The quantitative estimate of drug-likeness (QED) is 0.473. The van der Waals surface area contributed by atoms with Crippen LogP contribution in [0.4, 0.5) is 10.5 Å². The third-order valence-electron chi connectivity index (χ3n) is 2.89. The van der Waals surface area contributed by atoms with Gasteiger partial charge >= 0.3 is 6.03 Å². The monoisotopic (exact) mass is 524 g/mol. The molecule has 1 unspecified atom stereocenters. The Morgan fingerprint density at radius 1 is 1.12 bits per heavy atom. The molecule has 0 aliphatic heterocycles. The van der Waals surface area contributed by atoms with Gasteiger partial charge in [0.25, 0.3) is 0 Å². The fourth-order valence-electron chi connectivity index (χ4n) is 1.71. The minimum absolute atomic E-state index is 0.397. The van der Waals surface area contributed by atoms with Crippen LogP contribution < -0.4 is 10.6 Å². The van der Waals surface area contributed by atoms with Gasteiger partial charge in [-0.15, -0.1) is 0 Å². The molecular weight excluding hydrogens is 515 g/mol. The van der Waals surface area contributed by atoms with Crippen molar-refractivity contribution in [3.63, 3.8) is 0 Å². The van der Waals surface area contributed by atoms with Crippen LogP contribution in [0.15, 0.2) is 52.3 Å². The van der Waals surface area contributed by atoms with Crippen molar-refractivity contribution in [2.24, 2.45) is 0 Å². The first-order valence-electron chi connectivity index (χ1n) is 6.94. The predicted octanol–water partition coefficient (Wildman–Crippen LogP) is 5.95. The van der Waals surface area contributed by atoms with E-state index in [1.165, 1.54) is 11.8 Å². The summed E-state index contributed by atoms with van der Waals surface area (Å²) in [4.78, 5) is 24.8. The molecule has 0 aromatic heterocycles. The fraction of sp³-hybridized carbons (Fsp3) is 0.125. The topological polar surface area (TPSA) is 58.2 Å². The molecule has 0 aliphatic rings. The molecule has 4 nitrogen and oxygen atoms in total. The van der Waals surface area contributed by atoms with Gasteiger partial charge in [-0.05, 0) is 42.5 Å². The Hall–Kier alpha value is -0.730. The summed E-state index contributed by atoms with van der Waals surface area (Å²) in [6.45, 7) is 0. The van der Waals surface area contributed by atoms with Gasteiger partial charge in [-0.2, -0.15) is 0 Å². The van der Waals surface area contributed by atoms with Crippen molar-refractivity contribution in [1.29, 1.82) is 0 Å². The van der Waals surface area contributed by atoms with Crippen molar-refractivity contribution in [1.82, 2.24) is 5.32 Å². The molecule has 3 amide bonds. The number of rotatable bonds is 5. The molecule has 2 aromatic carbocycles. The van der Waals surface area contributed by atoms with Gasteiger partial charge in [0.1, 0.15) is 4.83 Å². The minimum atomic E-state index is -0.621. The number of alkyl halides is 2. The van der Waals surface area contributed by atoms with Crippen LogP contribution in [0.3, 0.4) is 0 Å². The second-order valence-corrected chi connectivity index (χ2v) is 8.48. The summed E-state index contributed by atoms with van der Waals surface area (Å²) in [7, 11) is 0. The molecule has 9 heteroatoms. The van der Waals surface area contributed by atoms with Gasteiger partial charge in [0, 0.05) is 25.8 Å². The summed E-state index contributed by atoms with van der Waals surface area (Å²) in [6, 6.07) is 11.9. The number of hydrogen-bond acceptors (Lipinski definition) is 3. The molecule has 0 fully saturated rings. The van der Waals surface area contributed by atoms with Gasteiger partial charge in [0.15, 0.2) is 0 Å². The first-order valence-corrected chi connectivity index (χ1v) is 10.5. The number of carbonyl (C=O) groups is 2. The Morgan fingerprint density at radius 2 is 1.80 bits per heavy atom. The van der Waals surface area contributed by atoms with Gasteiger partial charge in [0.05, 0.1) is 5.02 Å². The Morgan fingerprint density at radius 3 is 2.40 bits per heavy atom. The Balaban J connectivity index is 2.00. The van der Waals surface area contributed by atoms with Crippen molar-refractivity contribution in [3.05, 3.63) is 52.5 Å². The summed E-state index contributed by atoms with van der Waals surface area (Å²) in [5.41, 5.74) is 0.487. The van der Waals surface area contributed by atoms with E-state index in [1.807, 2.05) is 12.1 Å². The molecule has 2 rings (SSSR count). The van der Waals surface area contributed by atoms with Crippen molar-refractivity contribution in [3.8, 4) is 0 Å². The van der Waals surface area contributed by atoms with E-state index in [9.17, 15) is 9.59 Å². The average molecular weight is 527 g/mol. The third kappa shape index (κ3) is 6.49. The van der Waals surface area contributed by atoms with Crippen molar-refractivity contribution < 1.29 is 9.59 Å². The van der Waals surface area contributed by atoms with E-state index in [0.717, 1.165) is 9.79 Å². The highest BCUT2D eigenvalue weighted by atomic mass is 79.9. The summed E-state index contributed by atoms with van der Waals surface area (Å²) in [5, 5.41) is 6.36. The molecule has 0 spiro atoms. The molecule has 0 aliphatic carbocycles. The van der Waals surface area contributed by atoms with Crippen LogP contribution in [0.5, 0.6) is 0 Å². The fourth-order valence-corrected chi connectivity index (χ4v) is 3.36. The number of halogens is 4. The normalized spacial score (nSPS) is 11.7. The first-order chi connectivity index (χ1) is 11.9. The zero-order valence-corrected chi connectivity index (χ0v) is 18.1. The van der Waals surface area contributed by atoms with Crippen LogP contribution in [0.1, 0.15) is 0 Å². The lowest BCUT2D eigenvalue weighted by molar-refractivity contribution is -0.118. The van der Waals surface area contributed by atoms with E-state index in [1.54, 1.807) is 30.3 Å². The van der Waals surface area contributed by atoms with E-state index in [0.29, 0.717) is 21.1 Å². The second-order valence-electron chi connectivity index (χ2n) is 4.77. The molecule has 0 heterocycles. The van der Waals surface area contributed by atoms with E-state index in [2.05, 4.69) is 42.5 Å². The van der Waals surface area contributed by atoms with Crippen LogP contribution in [-0.4, -0.2) is 22.1 Å². The molecule has 0 bridgehead atoms. The molecule has 2 N–H and O–H groups in total. The number of benzene rings is 2. The number of amides is 3. The van der Waals surface area contributed by atoms with E-state index >= 15 is 0 Å².